The van der Waals surface area contributed by atoms with Crippen LogP contribution in [-0.4, -0.2) is 24.6 Å². The molecule has 0 aliphatic rings. The fourth-order valence-electron chi connectivity index (χ4n) is 2.11. The second-order valence-corrected chi connectivity index (χ2v) is 7.53. The third kappa shape index (κ3) is 2.58. The van der Waals surface area contributed by atoms with Crippen molar-refractivity contribution in [2.45, 2.75) is 4.90 Å². The van der Waals surface area contributed by atoms with Crippen LogP contribution in [0.5, 0.6) is 0 Å². The van der Waals surface area contributed by atoms with Crippen LogP contribution in [0.2, 0.25) is 0 Å². The van der Waals surface area contributed by atoms with Crippen LogP contribution in [-0.2, 0) is 9.84 Å². The average molecular weight is 369 g/mol. The van der Waals surface area contributed by atoms with E-state index in [2.05, 4.69) is 25.9 Å². The summed E-state index contributed by atoms with van der Waals surface area (Å²) < 4.78 is 38.2. The van der Waals surface area contributed by atoms with Crippen molar-refractivity contribution < 1.29 is 12.8 Å². The minimum atomic E-state index is -3.40. The van der Waals surface area contributed by atoms with E-state index in [0.717, 1.165) is 6.26 Å². The minimum absolute atomic E-state index is 0.123. The predicted octanol–water partition coefficient (Wildman–Crippen LogP) is 3.54. The summed E-state index contributed by atoms with van der Waals surface area (Å²) in [5, 5.41) is 0. The highest BCUT2D eigenvalue weighted by Crippen LogP contribution is 2.28. The lowest BCUT2D eigenvalue weighted by Gasteiger charge is -1.99. The Kier molecular flexibility index (Phi) is 3.33. The Morgan fingerprint density at radius 3 is 2.71 bits per heavy atom. The fourth-order valence-corrected chi connectivity index (χ4v) is 3.31. The number of imidazole rings is 1. The highest BCUT2D eigenvalue weighted by Gasteiger charge is 2.17. The van der Waals surface area contributed by atoms with Gasteiger partial charge >= 0.3 is 0 Å². The van der Waals surface area contributed by atoms with E-state index in [9.17, 15) is 12.8 Å². The molecule has 1 heterocycles. The number of aromatic nitrogens is 2. The topological polar surface area (TPSA) is 62.8 Å². The van der Waals surface area contributed by atoms with Gasteiger partial charge in [-0.25, -0.2) is 17.8 Å². The van der Waals surface area contributed by atoms with Gasteiger partial charge in [-0.05, 0) is 30.3 Å². The van der Waals surface area contributed by atoms with E-state index in [1.165, 1.54) is 12.1 Å². The van der Waals surface area contributed by atoms with Gasteiger partial charge in [0.15, 0.2) is 9.84 Å². The predicted molar refractivity (Wildman–Crippen MR) is 82.3 cm³/mol. The van der Waals surface area contributed by atoms with Gasteiger partial charge in [0.2, 0.25) is 0 Å². The molecule has 108 valence electrons. The van der Waals surface area contributed by atoms with Crippen LogP contribution in [0.3, 0.4) is 0 Å². The molecule has 7 heteroatoms. The fraction of sp³-hybridized carbons (Fsp3) is 0.0714. The number of fused-ring (bicyclic) bond motifs is 1. The standard InChI is InChI=1S/C14H10BrFN2O2S/c1-21(19,20)12-4-2-3-11-13(12)18-14(17-11)9-7-8(15)5-6-10(9)16/h2-7H,1H3,(H,17,18). The molecule has 0 radical (unpaired) electrons. The molecule has 3 aromatic rings. The van der Waals surface area contributed by atoms with Crippen LogP contribution in [0.1, 0.15) is 0 Å². The van der Waals surface area contributed by atoms with E-state index in [4.69, 9.17) is 0 Å². The lowest BCUT2D eigenvalue weighted by atomic mass is 10.2. The van der Waals surface area contributed by atoms with Crippen LogP contribution < -0.4 is 0 Å². The number of aromatic amines is 1. The van der Waals surface area contributed by atoms with Crippen molar-refractivity contribution in [1.29, 1.82) is 0 Å². The first-order valence-electron chi connectivity index (χ1n) is 6.00. The minimum Gasteiger partial charge on any atom is -0.338 e. The maximum Gasteiger partial charge on any atom is 0.177 e. The molecule has 0 aliphatic carbocycles. The Balaban J connectivity index is 2.30. The number of rotatable bonds is 2. The Morgan fingerprint density at radius 1 is 1.24 bits per heavy atom. The summed E-state index contributed by atoms with van der Waals surface area (Å²) in [5.74, 6) is -0.141. The van der Waals surface area contributed by atoms with Gasteiger partial charge in [0.25, 0.3) is 0 Å². The molecule has 0 spiro atoms. The van der Waals surface area contributed by atoms with Gasteiger partial charge in [-0.2, -0.15) is 0 Å². The van der Waals surface area contributed by atoms with Crippen molar-refractivity contribution in [3.63, 3.8) is 0 Å². The first kappa shape index (κ1) is 14.2. The van der Waals surface area contributed by atoms with E-state index < -0.39 is 15.7 Å². The molecular formula is C14H10BrFN2O2S. The van der Waals surface area contributed by atoms with Crippen molar-refractivity contribution in [3.05, 3.63) is 46.7 Å². The van der Waals surface area contributed by atoms with E-state index >= 15 is 0 Å². The third-order valence-electron chi connectivity index (χ3n) is 3.06. The molecule has 0 bridgehead atoms. The molecule has 0 amide bonds. The van der Waals surface area contributed by atoms with Gasteiger partial charge in [0, 0.05) is 10.7 Å². The highest BCUT2D eigenvalue weighted by molar-refractivity contribution is 9.10. The molecule has 0 unspecified atom stereocenters. The largest absolute Gasteiger partial charge is 0.338 e. The molecule has 21 heavy (non-hydrogen) atoms. The number of H-pyrrole nitrogens is 1. The first-order chi connectivity index (χ1) is 9.86. The Morgan fingerprint density at radius 2 is 2.00 bits per heavy atom. The summed E-state index contributed by atoms with van der Waals surface area (Å²) in [6, 6.07) is 9.31. The molecular weight excluding hydrogens is 359 g/mol. The second-order valence-electron chi connectivity index (χ2n) is 4.63. The quantitative estimate of drug-likeness (QED) is 0.752. The van der Waals surface area contributed by atoms with Crippen molar-refractivity contribution >= 4 is 36.8 Å². The van der Waals surface area contributed by atoms with Crippen molar-refractivity contribution in [2.24, 2.45) is 0 Å². The maximum atomic E-state index is 13.9. The van der Waals surface area contributed by atoms with Crippen LogP contribution in [0.15, 0.2) is 45.8 Å². The van der Waals surface area contributed by atoms with Crippen molar-refractivity contribution in [1.82, 2.24) is 9.97 Å². The van der Waals surface area contributed by atoms with Gasteiger partial charge in [-0.3, -0.25) is 0 Å². The Labute approximate surface area is 129 Å². The number of hydrogen-bond acceptors (Lipinski definition) is 3. The van der Waals surface area contributed by atoms with Crippen LogP contribution in [0, 0.1) is 5.82 Å². The van der Waals surface area contributed by atoms with E-state index in [0.29, 0.717) is 21.3 Å². The zero-order valence-electron chi connectivity index (χ0n) is 10.9. The van der Waals surface area contributed by atoms with Gasteiger partial charge in [-0.1, -0.05) is 22.0 Å². The summed E-state index contributed by atoms with van der Waals surface area (Å²) >= 11 is 3.28. The third-order valence-corrected chi connectivity index (χ3v) is 4.68. The second kappa shape index (κ2) is 4.92. The molecule has 0 saturated carbocycles. The summed E-state index contributed by atoms with van der Waals surface area (Å²) in [7, 11) is -3.40. The summed E-state index contributed by atoms with van der Waals surface area (Å²) in [4.78, 5) is 7.33. The molecule has 0 fully saturated rings. The lowest BCUT2D eigenvalue weighted by molar-refractivity contribution is 0.602. The number of para-hydroxylation sites is 1. The molecule has 1 N–H and O–H groups in total. The van der Waals surface area contributed by atoms with Gasteiger partial charge in [-0.15, -0.1) is 0 Å². The summed E-state index contributed by atoms with van der Waals surface area (Å²) in [6.07, 6.45) is 1.12. The van der Waals surface area contributed by atoms with Crippen LogP contribution >= 0.6 is 15.9 Å². The number of hydrogen-bond donors (Lipinski definition) is 1. The maximum absolute atomic E-state index is 13.9. The molecule has 4 nitrogen and oxygen atoms in total. The van der Waals surface area contributed by atoms with Gasteiger partial charge in [0.1, 0.15) is 17.2 Å². The van der Waals surface area contributed by atoms with Crippen LogP contribution in [0.4, 0.5) is 4.39 Å². The van der Waals surface area contributed by atoms with Gasteiger partial charge in [0.05, 0.1) is 16.0 Å². The lowest BCUT2D eigenvalue weighted by Crippen LogP contribution is -1.97. The number of nitrogens with zero attached hydrogens (tertiary/aromatic N) is 1. The molecule has 0 saturated heterocycles. The molecule has 0 atom stereocenters. The number of nitrogens with one attached hydrogen (secondary N) is 1. The van der Waals surface area contributed by atoms with Crippen molar-refractivity contribution in [3.8, 4) is 11.4 Å². The number of benzene rings is 2. The smallest absolute Gasteiger partial charge is 0.177 e. The summed E-state index contributed by atoms with van der Waals surface area (Å²) in [6.45, 7) is 0. The molecule has 3 rings (SSSR count). The van der Waals surface area contributed by atoms with E-state index in [-0.39, 0.29) is 10.5 Å². The highest BCUT2D eigenvalue weighted by atomic mass is 79.9. The van der Waals surface area contributed by atoms with Gasteiger partial charge < -0.3 is 4.98 Å². The number of halogens is 2. The zero-order valence-corrected chi connectivity index (χ0v) is 13.3. The first-order valence-corrected chi connectivity index (χ1v) is 8.69. The Hall–Kier alpha value is -1.73. The van der Waals surface area contributed by atoms with E-state index in [1.807, 2.05) is 0 Å². The molecule has 1 aromatic heterocycles. The SMILES string of the molecule is CS(=O)(=O)c1cccc2[nH]c(-c3cc(Br)ccc3F)nc12. The summed E-state index contributed by atoms with van der Waals surface area (Å²) in [5.41, 5.74) is 1.14. The molecule has 2 aromatic carbocycles. The monoisotopic (exact) mass is 368 g/mol. The van der Waals surface area contributed by atoms with Crippen LogP contribution in [0.25, 0.3) is 22.4 Å². The zero-order chi connectivity index (χ0) is 15.2. The average Bonchev–Trinajstić information content (AvgIpc) is 2.83. The normalized spacial score (nSPS) is 12.0. The molecule has 0 aliphatic heterocycles. The Bertz CT molecular complexity index is 951. The van der Waals surface area contributed by atoms with Crippen molar-refractivity contribution in [2.75, 3.05) is 6.26 Å². The number of sulfone groups is 1. The van der Waals surface area contributed by atoms with E-state index in [1.54, 1.807) is 24.3 Å².